The summed E-state index contributed by atoms with van der Waals surface area (Å²) in [5.41, 5.74) is 2.62. The van der Waals surface area contributed by atoms with Crippen molar-refractivity contribution in [3.05, 3.63) is 11.9 Å². The number of hydrogen-bond acceptors (Lipinski definition) is 5. The molecule has 1 saturated carbocycles. The average molecular weight is 249 g/mol. The second-order valence-corrected chi connectivity index (χ2v) is 4.93. The Kier molecular flexibility index (Phi) is 4.36. The van der Waals surface area contributed by atoms with Gasteiger partial charge < -0.3 is 10.3 Å². The first-order valence-corrected chi connectivity index (χ1v) is 6.82. The zero-order valence-corrected chi connectivity index (χ0v) is 11.3. The number of rotatable bonds is 4. The summed E-state index contributed by atoms with van der Waals surface area (Å²) in [4.78, 5) is 11.2. The number of aromatic nitrogens is 2. The van der Waals surface area contributed by atoms with Gasteiger partial charge in [-0.2, -0.15) is 0 Å². The van der Waals surface area contributed by atoms with Gasteiger partial charge in [-0.15, -0.1) is 0 Å². The smallest absolute Gasteiger partial charge is 0.145 e. The fourth-order valence-corrected chi connectivity index (χ4v) is 2.55. The highest BCUT2D eigenvalue weighted by Crippen LogP contribution is 2.26. The van der Waals surface area contributed by atoms with E-state index >= 15 is 0 Å². The van der Waals surface area contributed by atoms with E-state index in [0.717, 1.165) is 18.1 Å². The third-order valence-electron chi connectivity index (χ3n) is 3.71. The molecule has 2 rings (SSSR count). The van der Waals surface area contributed by atoms with Gasteiger partial charge in [0.15, 0.2) is 0 Å². The van der Waals surface area contributed by atoms with E-state index < -0.39 is 0 Å². The van der Waals surface area contributed by atoms with Gasteiger partial charge in [-0.05, 0) is 12.8 Å². The first kappa shape index (κ1) is 13.1. The summed E-state index contributed by atoms with van der Waals surface area (Å²) in [5, 5.41) is 0. The number of nitrogen functional groups attached to an aromatic ring is 1. The Morgan fingerprint density at radius 1 is 1.33 bits per heavy atom. The van der Waals surface area contributed by atoms with Crippen LogP contribution >= 0.6 is 0 Å². The van der Waals surface area contributed by atoms with Crippen LogP contribution in [0.1, 0.15) is 44.9 Å². The van der Waals surface area contributed by atoms with Gasteiger partial charge in [0, 0.05) is 25.6 Å². The summed E-state index contributed by atoms with van der Waals surface area (Å²) in [6.07, 6.45) is 7.34. The van der Waals surface area contributed by atoms with Crippen LogP contribution in [-0.4, -0.2) is 23.1 Å². The summed E-state index contributed by atoms with van der Waals surface area (Å²) in [6, 6.07) is 2.53. The molecule has 1 heterocycles. The molecule has 1 aliphatic rings. The Labute approximate surface area is 109 Å². The minimum Gasteiger partial charge on any atom is -0.357 e. The molecule has 0 aliphatic heterocycles. The van der Waals surface area contributed by atoms with E-state index in [-0.39, 0.29) is 0 Å². The molecule has 0 atom stereocenters. The Bertz CT molecular complexity index is 365. The second kappa shape index (κ2) is 6.00. The third-order valence-corrected chi connectivity index (χ3v) is 3.71. The van der Waals surface area contributed by atoms with Gasteiger partial charge in [0.05, 0.1) is 0 Å². The van der Waals surface area contributed by atoms with Crippen molar-refractivity contribution in [3.8, 4) is 0 Å². The zero-order valence-electron chi connectivity index (χ0n) is 11.3. The van der Waals surface area contributed by atoms with Crippen LogP contribution in [0.3, 0.4) is 0 Å². The van der Waals surface area contributed by atoms with Gasteiger partial charge in [-0.3, -0.25) is 0 Å². The van der Waals surface area contributed by atoms with E-state index in [9.17, 15) is 0 Å². The summed E-state index contributed by atoms with van der Waals surface area (Å²) in [7, 11) is 2.12. The van der Waals surface area contributed by atoms with Crippen molar-refractivity contribution in [2.75, 3.05) is 17.4 Å². The summed E-state index contributed by atoms with van der Waals surface area (Å²) >= 11 is 0. The molecule has 5 heteroatoms. The van der Waals surface area contributed by atoms with E-state index in [1.54, 1.807) is 0 Å². The minimum absolute atomic E-state index is 0.601. The lowest BCUT2D eigenvalue weighted by Gasteiger charge is -2.32. The van der Waals surface area contributed by atoms with Crippen LogP contribution in [0.25, 0.3) is 0 Å². The van der Waals surface area contributed by atoms with Crippen molar-refractivity contribution < 1.29 is 0 Å². The van der Waals surface area contributed by atoms with Crippen LogP contribution < -0.4 is 16.2 Å². The van der Waals surface area contributed by atoms with Crippen LogP contribution in [0, 0.1) is 0 Å². The van der Waals surface area contributed by atoms with Crippen molar-refractivity contribution in [1.29, 1.82) is 0 Å². The molecule has 1 aromatic rings. The lowest BCUT2D eigenvalue weighted by molar-refractivity contribution is 0.425. The molecule has 1 fully saturated rings. The lowest BCUT2D eigenvalue weighted by atomic mass is 9.94. The van der Waals surface area contributed by atoms with Crippen LogP contribution in [-0.2, 0) is 6.42 Å². The molecule has 0 saturated heterocycles. The number of nitrogens with two attached hydrogens (primary N) is 1. The maximum atomic E-state index is 5.46. The van der Waals surface area contributed by atoms with Gasteiger partial charge in [-0.25, -0.2) is 15.8 Å². The Balaban J connectivity index is 2.19. The van der Waals surface area contributed by atoms with E-state index in [2.05, 4.69) is 34.3 Å². The molecular weight excluding hydrogens is 226 g/mol. The van der Waals surface area contributed by atoms with Crippen LogP contribution in [0.4, 0.5) is 11.6 Å². The molecule has 5 nitrogen and oxygen atoms in total. The molecule has 1 aliphatic carbocycles. The maximum Gasteiger partial charge on any atom is 0.145 e. The molecule has 0 bridgehead atoms. The molecule has 18 heavy (non-hydrogen) atoms. The number of hydrogen-bond donors (Lipinski definition) is 2. The van der Waals surface area contributed by atoms with Crippen LogP contribution in [0.2, 0.25) is 0 Å². The largest absolute Gasteiger partial charge is 0.357 e. The Hall–Kier alpha value is -1.36. The van der Waals surface area contributed by atoms with Crippen molar-refractivity contribution in [2.45, 2.75) is 51.5 Å². The predicted molar refractivity (Wildman–Crippen MR) is 74.5 cm³/mol. The SMILES string of the molecule is CCc1nc(NN)cc(N(C)C2CCCCC2)n1. The Morgan fingerprint density at radius 3 is 2.67 bits per heavy atom. The van der Waals surface area contributed by atoms with E-state index in [1.807, 2.05) is 6.07 Å². The van der Waals surface area contributed by atoms with E-state index in [1.165, 1.54) is 32.1 Å². The maximum absolute atomic E-state index is 5.46. The lowest BCUT2D eigenvalue weighted by Crippen LogP contribution is -2.34. The van der Waals surface area contributed by atoms with Gasteiger partial charge in [0.1, 0.15) is 17.5 Å². The van der Waals surface area contributed by atoms with Crippen LogP contribution in [0.5, 0.6) is 0 Å². The number of aryl methyl sites for hydroxylation is 1. The summed E-state index contributed by atoms with van der Waals surface area (Å²) in [5.74, 6) is 7.97. The molecule has 0 radical (unpaired) electrons. The zero-order chi connectivity index (χ0) is 13.0. The third kappa shape index (κ3) is 2.90. The summed E-state index contributed by atoms with van der Waals surface area (Å²) < 4.78 is 0. The van der Waals surface area contributed by atoms with Gasteiger partial charge in [-0.1, -0.05) is 26.2 Å². The molecule has 0 amide bonds. The van der Waals surface area contributed by atoms with Gasteiger partial charge in [0.2, 0.25) is 0 Å². The van der Waals surface area contributed by atoms with Crippen molar-refractivity contribution in [3.63, 3.8) is 0 Å². The molecule has 1 aromatic heterocycles. The highest BCUT2D eigenvalue weighted by Gasteiger charge is 2.19. The Morgan fingerprint density at radius 2 is 2.06 bits per heavy atom. The number of hydrazine groups is 1. The van der Waals surface area contributed by atoms with E-state index in [4.69, 9.17) is 5.84 Å². The molecule has 3 N–H and O–H groups in total. The normalized spacial score (nSPS) is 16.6. The highest BCUT2D eigenvalue weighted by atomic mass is 15.3. The average Bonchev–Trinajstić information content (AvgIpc) is 2.46. The minimum atomic E-state index is 0.601. The number of anilines is 2. The number of nitrogens with zero attached hydrogens (tertiary/aromatic N) is 3. The molecule has 100 valence electrons. The monoisotopic (exact) mass is 249 g/mol. The quantitative estimate of drug-likeness (QED) is 0.632. The second-order valence-electron chi connectivity index (χ2n) is 4.93. The highest BCUT2D eigenvalue weighted by molar-refractivity contribution is 5.49. The predicted octanol–water partition coefficient (Wildman–Crippen LogP) is 2.09. The summed E-state index contributed by atoms with van der Waals surface area (Å²) in [6.45, 7) is 2.06. The molecular formula is C13H23N5. The topological polar surface area (TPSA) is 67.1 Å². The van der Waals surface area contributed by atoms with E-state index in [0.29, 0.717) is 11.9 Å². The number of nitrogens with one attached hydrogen (secondary N) is 1. The fraction of sp³-hybridized carbons (Fsp3) is 0.692. The van der Waals surface area contributed by atoms with Crippen molar-refractivity contribution in [2.24, 2.45) is 5.84 Å². The first-order chi connectivity index (χ1) is 8.74. The van der Waals surface area contributed by atoms with Crippen molar-refractivity contribution >= 4 is 11.6 Å². The fourth-order valence-electron chi connectivity index (χ4n) is 2.55. The van der Waals surface area contributed by atoms with Gasteiger partial charge in [0.25, 0.3) is 0 Å². The van der Waals surface area contributed by atoms with Crippen molar-refractivity contribution in [1.82, 2.24) is 9.97 Å². The molecule has 0 aromatic carbocycles. The molecule has 0 spiro atoms. The van der Waals surface area contributed by atoms with Crippen LogP contribution in [0.15, 0.2) is 6.07 Å². The first-order valence-electron chi connectivity index (χ1n) is 6.82. The van der Waals surface area contributed by atoms with Gasteiger partial charge >= 0.3 is 0 Å². The standard InChI is InChI=1S/C13H23N5/c1-3-11-15-12(17-14)9-13(16-11)18(2)10-7-5-4-6-8-10/h9-10H,3-8,14H2,1-2H3,(H,15,16,17). The molecule has 0 unspecified atom stereocenters.